The summed E-state index contributed by atoms with van der Waals surface area (Å²) in [6, 6.07) is 0. The first-order valence-corrected chi connectivity index (χ1v) is 10.7. The molecule has 0 saturated carbocycles. The van der Waals surface area contributed by atoms with Crippen molar-refractivity contribution < 1.29 is 0 Å². The summed E-state index contributed by atoms with van der Waals surface area (Å²) in [6.07, 6.45) is 26.8. The monoisotopic (exact) mass is 323 g/mol. The first kappa shape index (κ1) is 22.7. The maximum absolute atomic E-state index is 5.50. The number of nitrogens with two attached hydrogens (primary N) is 1. The molecular formula is C22H45N. The Balaban J connectivity index is 3.14. The zero-order chi connectivity index (χ0) is 17.0. The number of unbranched alkanes of at least 4 members (excludes halogenated alkanes) is 11. The lowest BCUT2D eigenvalue weighted by Crippen LogP contribution is -1.97. The number of rotatable bonds is 18. The summed E-state index contributed by atoms with van der Waals surface area (Å²) < 4.78 is 0. The van der Waals surface area contributed by atoms with Gasteiger partial charge in [0.05, 0.1) is 0 Å². The Morgan fingerprint density at radius 3 is 1.52 bits per heavy atom. The Morgan fingerprint density at radius 1 is 0.609 bits per heavy atom. The summed E-state index contributed by atoms with van der Waals surface area (Å²) >= 11 is 0. The van der Waals surface area contributed by atoms with Crippen LogP contribution in [0.4, 0.5) is 0 Å². The van der Waals surface area contributed by atoms with Crippen LogP contribution in [-0.4, -0.2) is 6.54 Å². The Labute approximate surface area is 147 Å². The lowest BCUT2D eigenvalue weighted by Gasteiger charge is -2.11. The van der Waals surface area contributed by atoms with Crippen LogP contribution in [-0.2, 0) is 0 Å². The van der Waals surface area contributed by atoms with Gasteiger partial charge >= 0.3 is 0 Å². The quantitative estimate of drug-likeness (QED) is 0.206. The third-order valence-electron chi connectivity index (χ3n) is 5.13. The van der Waals surface area contributed by atoms with Gasteiger partial charge in [0.1, 0.15) is 0 Å². The van der Waals surface area contributed by atoms with Gasteiger partial charge in [-0.3, -0.25) is 0 Å². The van der Waals surface area contributed by atoms with Gasteiger partial charge in [0.2, 0.25) is 0 Å². The van der Waals surface area contributed by atoms with E-state index in [1.807, 2.05) is 0 Å². The van der Waals surface area contributed by atoms with E-state index >= 15 is 0 Å². The van der Waals surface area contributed by atoms with Gasteiger partial charge < -0.3 is 5.73 Å². The van der Waals surface area contributed by atoms with Gasteiger partial charge in [0, 0.05) is 0 Å². The molecule has 1 nitrogen and oxygen atoms in total. The summed E-state index contributed by atoms with van der Waals surface area (Å²) in [5.74, 6) is 0.985. The summed E-state index contributed by atoms with van der Waals surface area (Å²) in [5, 5.41) is 0. The second-order valence-corrected chi connectivity index (χ2v) is 7.20. The molecule has 0 heterocycles. The van der Waals surface area contributed by atoms with Crippen LogP contribution in [0.3, 0.4) is 0 Å². The predicted molar refractivity (Wildman–Crippen MR) is 107 cm³/mol. The van der Waals surface area contributed by atoms with Crippen molar-refractivity contribution in [2.24, 2.45) is 11.7 Å². The average molecular weight is 324 g/mol. The molecule has 0 rings (SSSR count). The molecule has 0 saturated heterocycles. The van der Waals surface area contributed by atoms with E-state index in [4.69, 9.17) is 5.73 Å². The highest BCUT2D eigenvalue weighted by atomic mass is 14.5. The van der Waals surface area contributed by atoms with E-state index in [2.05, 4.69) is 26.0 Å². The van der Waals surface area contributed by atoms with Crippen molar-refractivity contribution in [1.29, 1.82) is 0 Å². The van der Waals surface area contributed by atoms with Crippen molar-refractivity contribution in [3.63, 3.8) is 0 Å². The van der Waals surface area contributed by atoms with E-state index in [9.17, 15) is 0 Å². The van der Waals surface area contributed by atoms with Gasteiger partial charge in [0.15, 0.2) is 0 Å². The van der Waals surface area contributed by atoms with Crippen molar-refractivity contribution in [3.05, 3.63) is 12.2 Å². The molecule has 2 N–H and O–H groups in total. The highest BCUT2D eigenvalue weighted by molar-refractivity contribution is 4.81. The molecule has 0 aromatic rings. The van der Waals surface area contributed by atoms with Crippen LogP contribution in [0.15, 0.2) is 12.2 Å². The molecule has 0 aliphatic heterocycles. The maximum atomic E-state index is 5.50. The fourth-order valence-electron chi connectivity index (χ4n) is 3.27. The van der Waals surface area contributed by atoms with Crippen molar-refractivity contribution in [3.8, 4) is 0 Å². The second-order valence-electron chi connectivity index (χ2n) is 7.20. The highest BCUT2D eigenvalue weighted by Crippen LogP contribution is 2.17. The number of hydrogen-bond donors (Lipinski definition) is 1. The summed E-state index contributed by atoms with van der Waals surface area (Å²) in [6.45, 7) is 5.53. The molecule has 0 spiro atoms. The van der Waals surface area contributed by atoms with Crippen LogP contribution in [0.5, 0.6) is 0 Å². The Morgan fingerprint density at radius 2 is 1.04 bits per heavy atom. The molecule has 0 unspecified atom stereocenters. The van der Waals surface area contributed by atoms with E-state index in [-0.39, 0.29) is 0 Å². The zero-order valence-electron chi connectivity index (χ0n) is 16.3. The summed E-state index contributed by atoms with van der Waals surface area (Å²) in [4.78, 5) is 0. The zero-order valence-corrected chi connectivity index (χ0v) is 16.3. The van der Waals surface area contributed by atoms with Crippen molar-refractivity contribution in [2.45, 2.75) is 117 Å². The molecule has 0 bridgehead atoms. The van der Waals surface area contributed by atoms with E-state index in [1.54, 1.807) is 0 Å². The predicted octanol–water partition coefficient (Wildman–Crippen LogP) is 7.40. The van der Waals surface area contributed by atoms with Crippen LogP contribution >= 0.6 is 0 Å². The highest BCUT2D eigenvalue weighted by Gasteiger charge is 2.01. The Kier molecular flexibility index (Phi) is 19.5. The van der Waals surface area contributed by atoms with Crippen LogP contribution in [0.1, 0.15) is 117 Å². The van der Waals surface area contributed by atoms with Crippen LogP contribution in [0.2, 0.25) is 0 Å². The summed E-state index contributed by atoms with van der Waals surface area (Å²) in [7, 11) is 0. The number of allylic oxidation sites excluding steroid dienone is 2. The van der Waals surface area contributed by atoms with Crippen LogP contribution in [0, 0.1) is 5.92 Å². The van der Waals surface area contributed by atoms with Crippen molar-refractivity contribution in [1.82, 2.24) is 0 Å². The minimum Gasteiger partial charge on any atom is -0.330 e. The van der Waals surface area contributed by atoms with E-state index < -0.39 is 0 Å². The van der Waals surface area contributed by atoms with Crippen molar-refractivity contribution >= 4 is 0 Å². The molecule has 0 fully saturated rings. The molecule has 138 valence electrons. The Hall–Kier alpha value is -0.300. The van der Waals surface area contributed by atoms with Crippen LogP contribution in [0.25, 0.3) is 0 Å². The molecule has 0 radical (unpaired) electrons. The third kappa shape index (κ3) is 17.9. The van der Waals surface area contributed by atoms with Gasteiger partial charge in [-0.05, 0) is 44.6 Å². The average Bonchev–Trinajstić information content (AvgIpc) is 2.58. The van der Waals surface area contributed by atoms with Crippen molar-refractivity contribution in [2.75, 3.05) is 6.54 Å². The van der Waals surface area contributed by atoms with Crippen LogP contribution < -0.4 is 5.73 Å². The summed E-state index contributed by atoms with van der Waals surface area (Å²) in [5.41, 5.74) is 5.50. The molecule has 23 heavy (non-hydrogen) atoms. The van der Waals surface area contributed by atoms with E-state index in [0.717, 1.165) is 12.5 Å². The first-order chi connectivity index (χ1) is 11.3. The molecule has 0 aromatic carbocycles. The fourth-order valence-corrected chi connectivity index (χ4v) is 3.27. The molecule has 0 amide bonds. The van der Waals surface area contributed by atoms with Gasteiger partial charge in [-0.1, -0.05) is 96.6 Å². The molecule has 0 aliphatic rings. The normalized spacial score (nSPS) is 11.8. The molecule has 0 atom stereocenters. The second kappa shape index (κ2) is 19.7. The SMILES string of the molecule is CCC(CC)CCCCCCCC=CCCCCCCCCN. The largest absolute Gasteiger partial charge is 0.330 e. The Bertz CT molecular complexity index is 230. The number of hydrogen-bond acceptors (Lipinski definition) is 1. The van der Waals surface area contributed by atoms with Gasteiger partial charge in [0.25, 0.3) is 0 Å². The topological polar surface area (TPSA) is 26.0 Å². The third-order valence-corrected chi connectivity index (χ3v) is 5.13. The van der Waals surface area contributed by atoms with Gasteiger partial charge in [-0.15, -0.1) is 0 Å². The minimum absolute atomic E-state index is 0.862. The lowest BCUT2D eigenvalue weighted by molar-refractivity contribution is 0.427. The van der Waals surface area contributed by atoms with Gasteiger partial charge in [-0.2, -0.15) is 0 Å². The van der Waals surface area contributed by atoms with E-state index in [1.165, 1.54) is 103 Å². The van der Waals surface area contributed by atoms with Gasteiger partial charge in [-0.25, -0.2) is 0 Å². The first-order valence-electron chi connectivity index (χ1n) is 10.7. The molecular weight excluding hydrogens is 278 g/mol. The molecule has 0 aromatic heterocycles. The molecule has 0 aliphatic carbocycles. The smallest absolute Gasteiger partial charge is 0.00773 e. The fraction of sp³-hybridized carbons (Fsp3) is 0.909. The molecule has 1 heteroatoms. The maximum Gasteiger partial charge on any atom is -0.00773 e. The van der Waals surface area contributed by atoms with E-state index in [0.29, 0.717) is 0 Å². The minimum atomic E-state index is 0.862. The standard InChI is InChI=1S/C22H45N/c1-3-22(4-2)20-18-16-14-12-10-8-6-5-7-9-11-13-15-17-19-21-23/h5-6,22H,3-4,7-21,23H2,1-2H3. The lowest BCUT2D eigenvalue weighted by atomic mass is 9.96.